The molecular formula is C23H31N5O2. The van der Waals surface area contributed by atoms with Crippen molar-refractivity contribution in [2.45, 2.75) is 38.3 Å². The van der Waals surface area contributed by atoms with E-state index in [1.54, 1.807) is 0 Å². The number of pyridine rings is 1. The SMILES string of the molecule is Cc1cccnc1C1(O)[C@@H]2CCC[C@H]1CN(Cc1cnc(N3CCOCC3)nc1)C2. The number of aryl methyl sites for hydroxylation is 1. The Kier molecular flexibility index (Phi) is 5.43. The third-order valence-electron chi connectivity index (χ3n) is 7.09. The minimum absolute atomic E-state index is 0.215. The molecule has 7 nitrogen and oxygen atoms in total. The fourth-order valence-electron chi connectivity index (χ4n) is 5.58. The van der Waals surface area contributed by atoms with E-state index in [1.807, 2.05) is 24.7 Å². The number of piperidine rings is 1. The van der Waals surface area contributed by atoms with Crippen LogP contribution >= 0.6 is 0 Å². The van der Waals surface area contributed by atoms with Crippen molar-refractivity contribution in [3.05, 3.63) is 47.5 Å². The van der Waals surface area contributed by atoms with Gasteiger partial charge in [0, 0.05) is 68.7 Å². The van der Waals surface area contributed by atoms with Crippen molar-refractivity contribution in [1.29, 1.82) is 0 Å². The van der Waals surface area contributed by atoms with Gasteiger partial charge in [0.15, 0.2) is 0 Å². The summed E-state index contributed by atoms with van der Waals surface area (Å²) in [5, 5.41) is 11.8. The molecule has 0 amide bonds. The van der Waals surface area contributed by atoms with Gasteiger partial charge in [-0.3, -0.25) is 9.88 Å². The maximum atomic E-state index is 11.8. The van der Waals surface area contributed by atoms with Crippen molar-refractivity contribution in [3.63, 3.8) is 0 Å². The lowest BCUT2D eigenvalue weighted by Crippen LogP contribution is -2.58. The third-order valence-corrected chi connectivity index (χ3v) is 7.09. The van der Waals surface area contributed by atoms with Crippen LogP contribution in [0.3, 0.4) is 0 Å². The van der Waals surface area contributed by atoms with Crippen molar-refractivity contribution in [3.8, 4) is 0 Å². The molecule has 160 valence electrons. The zero-order chi connectivity index (χ0) is 20.6. The summed E-state index contributed by atoms with van der Waals surface area (Å²) in [7, 11) is 0. The average Bonchev–Trinajstić information content (AvgIpc) is 2.76. The minimum atomic E-state index is -0.809. The number of nitrogens with zero attached hydrogens (tertiary/aromatic N) is 5. The van der Waals surface area contributed by atoms with Gasteiger partial charge in [-0.25, -0.2) is 9.97 Å². The molecule has 5 rings (SSSR count). The van der Waals surface area contributed by atoms with Crippen LogP contribution in [0.1, 0.15) is 36.1 Å². The second kappa shape index (κ2) is 8.21. The standard InChI is InChI=1S/C23H31N5O2/c1-17-4-3-7-24-21(17)23(29)19-5-2-6-20(23)16-27(15-19)14-18-12-25-22(26-13-18)28-8-10-30-11-9-28/h3-4,7,12-13,19-20,29H,2,5-6,8-11,14-16H2,1H3/t19-,20+,23?. The highest BCUT2D eigenvalue weighted by Crippen LogP contribution is 2.49. The summed E-state index contributed by atoms with van der Waals surface area (Å²) in [6.07, 6.45) is 9.01. The van der Waals surface area contributed by atoms with Crippen LogP contribution < -0.4 is 4.90 Å². The quantitative estimate of drug-likeness (QED) is 0.829. The number of morpholine rings is 1. The van der Waals surface area contributed by atoms with Gasteiger partial charge in [-0.1, -0.05) is 12.5 Å². The molecule has 1 N–H and O–H groups in total. The van der Waals surface area contributed by atoms with E-state index in [0.717, 1.165) is 81.5 Å². The van der Waals surface area contributed by atoms with Crippen LogP contribution in [0.15, 0.2) is 30.7 Å². The number of hydrogen-bond donors (Lipinski definition) is 1. The first kappa shape index (κ1) is 19.8. The molecule has 7 heteroatoms. The van der Waals surface area contributed by atoms with Crippen LogP contribution in [0.25, 0.3) is 0 Å². The smallest absolute Gasteiger partial charge is 0.225 e. The van der Waals surface area contributed by atoms with Crippen molar-refractivity contribution in [2.75, 3.05) is 44.3 Å². The monoisotopic (exact) mass is 409 g/mol. The molecule has 3 atom stereocenters. The van der Waals surface area contributed by atoms with Gasteiger partial charge in [-0.15, -0.1) is 0 Å². The van der Waals surface area contributed by atoms with Gasteiger partial charge < -0.3 is 14.7 Å². The first-order chi connectivity index (χ1) is 14.6. The Bertz CT molecular complexity index is 854. The number of likely N-dealkylation sites (tertiary alicyclic amines) is 1. The number of hydrogen-bond acceptors (Lipinski definition) is 7. The number of fused-ring (bicyclic) bond motifs is 2. The first-order valence-corrected chi connectivity index (χ1v) is 11.1. The summed E-state index contributed by atoms with van der Waals surface area (Å²) >= 11 is 0. The number of aromatic nitrogens is 3. The molecule has 3 fully saturated rings. The van der Waals surface area contributed by atoms with Gasteiger partial charge in [0.05, 0.1) is 18.9 Å². The maximum Gasteiger partial charge on any atom is 0.225 e. The summed E-state index contributed by atoms with van der Waals surface area (Å²) in [4.78, 5) is 18.5. The maximum absolute atomic E-state index is 11.8. The first-order valence-electron chi connectivity index (χ1n) is 11.1. The van der Waals surface area contributed by atoms with Gasteiger partial charge >= 0.3 is 0 Å². The van der Waals surface area contributed by atoms with Gasteiger partial charge in [-0.05, 0) is 31.4 Å². The van der Waals surface area contributed by atoms with Crippen molar-refractivity contribution < 1.29 is 9.84 Å². The van der Waals surface area contributed by atoms with Crippen LogP contribution in [0.5, 0.6) is 0 Å². The fourth-order valence-corrected chi connectivity index (χ4v) is 5.58. The highest BCUT2D eigenvalue weighted by atomic mass is 16.5. The number of ether oxygens (including phenoxy) is 1. The molecule has 1 aliphatic carbocycles. The van der Waals surface area contributed by atoms with Crippen LogP contribution in [0.4, 0.5) is 5.95 Å². The zero-order valence-corrected chi connectivity index (χ0v) is 17.7. The molecule has 1 unspecified atom stereocenters. The topological polar surface area (TPSA) is 74.6 Å². The normalized spacial score (nSPS) is 29.7. The summed E-state index contributed by atoms with van der Waals surface area (Å²) in [6.45, 7) is 7.83. The lowest BCUT2D eigenvalue weighted by molar-refractivity contribution is -0.151. The predicted octanol–water partition coefficient (Wildman–Crippen LogP) is 2.14. The van der Waals surface area contributed by atoms with Crippen LogP contribution in [0.2, 0.25) is 0 Å². The van der Waals surface area contributed by atoms with E-state index in [2.05, 4.69) is 37.7 Å². The highest BCUT2D eigenvalue weighted by Gasteiger charge is 2.52. The Labute approximate surface area is 178 Å². The molecule has 2 aromatic heterocycles. The Morgan fingerprint density at radius 3 is 2.47 bits per heavy atom. The molecule has 0 spiro atoms. The lowest BCUT2D eigenvalue weighted by Gasteiger charge is -2.53. The number of anilines is 1. The van der Waals surface area contributed by atoms with Crippen molar-refractivity contribution in [1.82, 2.24) is 19.9 Å². The number of rotatable bonds is 4. The highest BCUT2D eigenvalue weighted by molar-refractivity contribution is 5.31. The molecule has 30 heavy (non-hydrogen) atoms. The summed E-state index contributed by atoms with van der Waals surface area (Å²) in [5.74, 6) is 1.22. The second-order valence-electron chi connectivity index (χ2n) is 9.00. The molecule has 0 radical (unpaired) electrons. The Morgan fingerprint density at radius 1 is 1.10 bits per heavy atom. The summed E-state index contributed by atoms with van der Waals surface area (Å²) in [6, 6.07) is 4.02. The largest absolute Gasteiger partial charge is 0.383 e. The minimum Gasteiger partial charge on any atom is -0.383 e. The zero-order valence-electron chi connectivity index (χ0n) is 17.7. The van der Waals surface area contributed by atoms with Crippen molar-refractivity contribution in [2.24, 2.45) is 11.8 Å². The van der Waals surface area contributed by atoms with Gasteiger partial charge in [0.2, 0.25) is 5.95 Å². The van der Waals surface area contributed by atoms with E-state index in [-0.39, 0.29) is 11.8 Å². The van der Waals surface area contributed by atoms with Gasteiger partial charge in [0.1, 0.15) is 5.60 Å². The number of aliphatic hydroxyl groups is 1. The van der Waals surface area contributed by atoms with E-state index in [0.29, 0.717) is 0 Å². The Hall–Kier alpha value is -2.09. The molecule has 2 bridgehead atoms. The van der Waals surface area contributed by atoms with E-state index in [1.165, 1.54) is 6.42 Å². The van der Waals surface area contributed by atoms with E-state index in [4.69, 9.17) is 4.74 Å². The van der Waals surface area contributed by atoms with Crippen molar-refractivity contribution >= 4 is 5.95 Å². The van der Waals surface area contributed by atoms with Gasteiger partial charge in [0.25, 0.3) is 0 Å². The average molecular weight is 410 g/mol. The third kappa shape index (κ3) is 3.59. The molecular weight excluding hydrogens is 378 g/mol. The lowest BCUT2D eigenvalue weighted by atomic mass is 9.63. The molecule has 2 aromatic rings. The molecule has 3 aliphatic rings. The molecule has 2 aliphatic heterocycles. The predicted molar refractivity (Wildman–Crippen MR) is 114 cm³/mol. The Morgan fingerprint density at radius 2 is 1.80 bits per heavy atom. The summed E-state index contributed by atoms with van der Waals surface area (Å²) in [5.41, 5.74) is 2.30. The fraction of sp³-hybridized carbons (Fsp3) is 0.609. The molecule has 0 aromatic carbocycles. The van der Waals surface area contributed by atoms with Crippen LogP contribution in [-0.4, -0.2) is 64.4 Å². The van der Waals surface area contributed by atoms with E-state index in [9.17, 15) is 5.11 Å². The molecule has 2 saturated heterocycles. The second-order valence-corrected chi connectivity index (χ2v) is 9.00. The van der Waals surface area contributed by atoms with E-state index >= 15 is 0 Å². The van der Waals surface area contributed by atoms with Crippen LogP contribution in [0, 0.1) is 18.8 Å². The summed E-state index contributed by atoms with van der Waals surface area (Å²) < 4.78 is 5.41. The van der Waals surface area contributed by atoms with E-state index < -0.39 is 5.60 Å². The van der Waals surface area contributed by atoms with Gasteiger partial charge in [-0.2, -0.15) is 0 Å². The molecule has 1 saturated carbocycles. The Balaban J connectivity index is 1.30. The van der Waals surface area contributed by atoms with Crippen LogP contribution in [-0.2, 0) is 16.9 Å². The molecule has 4 heterocycles.